The monoisotopic (exact) mass is 263 g/mol. The van der Waals surface area contributed by atoms with Crippen LogP contribution in [-0.2, 0) is 4.43 Å². The van der Waals surface area contributed by atoms with Gasteiger partial charge in [-0.2, -0.15) is 0 Å². The van der Waals surface area contributed by atoms with Crippen molar-refractivity contribution in [2.75, 3.05) is 0 Å². The van der Waals surface area contributed by atoms with Gasteiger partial charge in [0, 0.05) is 10.1 Å². The molecule has 3 radical (unpaired) electrons. The van der Waals surface area contributed by atoms with E-state index in [1.54, 1.807) is 0 Å². The van der Waals surface area contributed by atoms with E-state index in [9.17, 15) is 4.79 Å². The zero-order valence-corrected chi connectivity index (χ0v) is 11.5. The van der Waals surface area contributed by atoms with Gasteiger partial charge < -0.3 is 4.43 Å². The van der Waals surface area contributed by atoms with Crippen molar-refractivity contribution in [3.05, 3.63) is 29.8 Å². The minimum absolute atomic E-state index is 0.319. The van der Waals surface area contributed by atoms with Crippen molar-refractivity contribution >= 4 is 28.2 Å². The lowest BCUT2D eigenvalue weighted by atomic mass is 10.0. The lowest BCUT2D eigenvalue weighted by Crippen LogP contribution is -2.10. The van der Waals surface area contributed by atoms with Gasteiger partial charge in [-0.25, -0.2) is 4.79 Å². The number of benzene rings is 1. The van der Waals surface area contributed by atoms with Gasteiger partial charge >= 0.3 is 16.5 Å². The molecule has 0 amide bonds. The Morgan fingerprint density at radius 3 is 2.65 bits per heavy atom. The highest BCUT2D eigenvalue weighted by Gasteiger charge is 2.18. The Kier molecular flexibility index (Phi) is 4.68. The van der Waals surface area contributed by atoms with E-state index >= 15 is 0 Å². The highest BCUT2D eigenvalue weighted by Crippen LogP contribution is 2.35. The van der Waals surface area contributed by atoms with Gasteiger partial charge in [-0.1, -0.05) is 31.4 Å². The number of carbonyl (C=O) groups excluding carboxylic acids is 1. The first-order chi connectivity index (χ1) is 8.31. The minimum Gasteiger partial charge on any atom is -0.513 e. The Morgan fingerprint density at radius 2 is 1.94 bits per heavy atom. The molecule has 0 bridgehead atoms. The van der Waals surface area contributed by atoms with Crippen LogP contribution in [0.3, 0.4) is 0 Å². The van der Waals surface area contributed by atoms with E-state index in [1.807, 2.05) is 36.0 Å². The fourth-order valence-corrected chi connectivity index (χ4v) is 3.63. The number of thioether (sulfide) groups is 1. The average molecular weight is 263 g/mol. The predicted octanol–water partition coefficient (Wildman–Crippen LogP) is 3.35. The van der Waals surface area contributed by atoms with E-state index in [2.05, 4.69) is 14.9 Å². The number of hydrogen-bond donors (Lipinski definition) is 0. The van der Waals surface area contributed by atoms with Crippen LogP contribution in [0.25, 0.3) is 0 Å². The van der Waals surface area contributed by atoms with E-state index in [-0.39, 0.29) is 5.97 Å². The fraction of sp³-hybridized carbons (Fsp3) is 0.462. The van der Waals surface area contributed by atoms with Crippen molar-refractivity contribution in [3.8, 4) is 0 Å². The van der Waals surface area contributed by atoms with E-state index in [0.717, 1.165) is 4.90 Å². The molecule has 4 heteroatoms. The highest BCUT2D eigenvalue weighted by atomic mass is 32.2. The Balaban J connectivity index is 2.11. The summed E-state index contributed by atoms with van der Waals surface area (Å²) >= 11 is 1.81. The standard InChI is InChI=1S/C13H15O2SSi/c14-13(15-17)11-8-4-5-9-12(11)16-10-6-2-1-3-7-10/h4-5,8-10H,1-3,6-7H2. The second-order valence-electron chi connectivity index (χ2n) is 4.26. The lowest BCUT2D eigenvalue weighted by Gasteiger charge is -2.21. The maximum Gasteiger partial charge on any atom is 0.345 e. The van der Waals surface area contributed by atoms with Gasteiger partial charge in [0.2, 0.25) is 0 Å². The van der Waals surface area contributed by atoms with Crippen molar-refractivity contribution in [3.63, 3.8) is 0 Å². The molecule has 17 heavy (non-hydrogen) atoms. The van der Waals surface area contributed by atoms with Crippen molar-refractivity contribution in [2.24, 2.45) is 0 Å². The molecule has 1 fully saturated rings. The predicted molar refractivity (Wildman–Crippen MR) is 70.3 cm³/mol. The highest BCUT2D eigenvalue weighted by molar-refractivity contribution is 8.00. The van der Waals surface area contributed by atoms with E-state index in [4.69, 9.17) is 0 Å². The van der Waals surface area contributed by atoms with Crippen LogP contribution in [0.2, 0.25) is 0 Å². The van der Waals surface area contributed by atoms with Crippen LogP contribution in [0, 0.1) is 0 Å². The molecule has 2 rings (SSSR count). The van der Waals surface area contributed by atoms with Crippen molar-refractivity contribution in [1.82, 2.24) is 0 Å². The molecule has 0 atom stereocenters. The first-order valence-corrected chi connectivity index (χ1v) is 7.23. The molecule has 1 aliphatic carbocycles. The molecule has 0 unspecified atom stereocenters. The molecule has 0 heterocycles. The van der Waals surface area contributed by atoms with Crippen molar-refractivity contribution in [1.29, 1.82) is 0 Å². The second-order valence-corrected chi connectivity index (χ2v) is 5.81. The van der Waals surface area contributed by atoms with Crippen LogP contribution < -0.4 is 0 Å². The summed E-state index contributed by atoms with van der Waals surface area (Å²) in [4.78, 5) is 12.6. The molecule has 0 N–H and O–H groups in total. The van der Waals surface area contributed by atoms with Gasteiger partial charge in [0.25, 0.3) is 0 Å². The molecule has 1 aromatic carbocycles. The third-order valence-electron chi connectivity index (χ3n) is 3.05. The van der Waals surface area contributed by atoms with Gasteiger partial charge in [-0.05, 0) is 25.0 Å². The molecule has 0 saturated heterocycles. The summed E-state index contributed by atoms with van der Waals surface area (Å²) in [6.07, 6.45) is 6.47. The van der Waals surface area contributed by atoms with Gasteiger partial charge in [0.15, 0.2) is 0 Å². The maximum atomic E-state index is 11.6. The summed E-state index contributed by atoms with van der Waals surface area (Å²) < 4.78 is 4.62. The van der Waals surface area contributed by atoms with Crippen molar-refractivity contribution < 1.29 is 9.22 Å². The summed E-state index contributed by atoms with van der Waals surface area (Å²) in [5.41, 5.74) is 0.651. The van der Waals surface area contributed by atoms with Gasteiger partial charge in [-0.15, -0.1) is 11.8 Å². The Morgan fingerprint density at radius 1 is 1.24 bits per heavy atom. The molecule has 0 spiro atoms. The first kappa shape index (κ1) is 12.7. The largest absolute Gasteiger partial charge is 0.513 e. The SMILES string of the molecule is O=C(O[Si])c1ccccc1SC1CCCCC1. The lowest BCUT2D eigenvalue weighted by molar-refractivity contribution is 0.0746. The zero-order valence-electron chi connectivity index (χ0n) is 9.65. The molecule has 0 aromatic heterocycles. The molecule has 0 aliphatic heterocycles. The smallest absolute Gasteiger partial charge is 0.345 e. The number of carbonyl (C=O) groups is 1. The van der Waals surface area contributed by atoms with Gasteiger partial charge in [0.1, 0.15) is 0 Å². The molecule has 1 saturated carbocycles. The molecular formula is C13H15O2SSi. The summed E-state index contributed by atoms with van der Waals surface area (Å²) in [6, 6.07) is 7.64. The van der Waals surface area contributed by atoms with Crippen LogP contribution in [0.5, 0.6) is 0 Å². The van der Waals surface area contributed by atoms with Crippen LogP contribution in [0.15, 0.2) is 29.2 Å². The quantitative estimate of drug-likeness (QED) is 0.782. The van der Waals surface area contributed by atoms with Crippen LogP contribution in [0.1, 0.15) is 42.5 Å². The normalized spacial score (nSPS) is 16.8. The molecule has 1 aliphatic rings. The third-order valence-corrected chi connectivity index (χ3v) is 4.65. The summed E-state index contributed by atoms with van der Waals surface area (Å²) in [5, 5.41) is 0.646. The van der Waals surface area contributed by atoms with Crippen molar-refractivity contribution in [2.45, 2.75) is 42.2 Å². The van der Waals surface area contributed by atoms with Crippen LogP contribution >= 0.6 is 11.8 Å². The van der Waals surface area contributed by atoms with E-state index < -0.39 is 0 Å². The number of rotatable bonds is 3. The molecule has 1 aromatic rings. The Labute approximate surface area is 110 Å². The van der Waals surface area contributed by atoms with Crippen LogP contribution in [-0.4, -0.2) is 21.7 Å². The van der Waals surface area contributed by atoms with Crippen LogP contribution in [0.4, 0.5) is 0 Å². The third kappa shape index (κ3) is 3.36. The maximum absolute atomic E-state index is 11.6. The van der Waals surface area contributed by atoms with E-state index in [1.165, 1.54) is 32.1 Å². The second kappa shape index (κ2) is 6.26. The minimum atomic E-state index is -0.319. The fourth-order valence-electron chi connectivity index (χ4n) is 2.16. The molecule has 2 nitrogen and oxygen atoms in total. The topological polar surface area (TPSA) is 26.3 Å². The summed E-state index contributed by atoms with van der Waals surface area (Å²) in [6.45, 7) is 0. The average Bonchev–Trinajstić information content (AvgIpc) is 2.40. The Bertz CT molecular complexity index is 389. The van der Waals surface area contributed by atoms with Gasteiger partial charge in [-0.3, -0.25) is 0 Å². The molecule has 89 valence electrons. The number of hydrogen-bond acceptors (Lipinski definition) is 3. The summed E-state index contributed by atoms with van der Waals surface area (Å²) in [7, 11) is 2.80. The van der Waals surface area contributed by atoms with Gasteiger partial charge in [0.05, 0.1) is 5.56 Å². The zero-order chi connectivity index (χ0) is 12.1. The molecular weight excluding hydrogens is 248 g/mol. The first-order valence-electron chi connectivity index (χ1n) is 5.95. The van der Waals surface area contributed by atoms with E-state index in [0.29, 0.717) is 10.8 Å². The Hall–Kier alpha value is -0.743. The summed E-state index contributed by atoms with van der Waals surface area (Å²) in [5.74, 6) is -0.319.